The van der Waals surface area contributed by atoms with Crippen LogP contribution in [0, 0.1) is 0 Å². The average molecular weight is 197 g/mol. The number of nitrogens with zero attached hydrogens (tertiary/aromatic N) is 3. The maximum atomic E-state index is 10.9. The van der Waals surface area contributed by atoms with Gasteiger partial charge in [-0.25, -0.2) is 9.78 Å². The van der Waals surface area contributed by atoms with Crippen molar-refractivity contribution in [3.63, 3.8) is 0 Å². The molecule has 1 atom stereocenters. The van der Waals surface area contributed by atoms with Crippen molar-refractivity contribution in [1.82, 2.24) is 14.5 Å². The fourth-order valence-corrected chi connectivity index (χ4v) is 1.20. The van der Waals surface area contributed by atoms with Gasteiger partial charge in [-0.2, -0.15) is 0 Å². The largest absolute Gasteiger partial charge is 0.479 e. The number of aryl methyl sites for hydroxylation is 1. The summed E-state index contributed by atoms with van der Waals surface area (Å²) in [5.41, 5.74) is 0.465. The smallest absolute Gasteiger partial charge is 0.332 e. The molecule has 0 spiro atoms. The highest BCUT2D eigenvalue weighted by Gasteiger charge is 2.26. The van der Waals surface area contributed by atoms with E-state index in [9.17, 15) is 9.59 Å². The van der Waals surface area contributed by atoms with E-state index in [0.717, 1.165) is 4.90 Å². The molecule has 14 heavy (non-hydrogen) atoms. The zero-order chi connectivity index (χ0) is 10.7. The quantitative estimate of drug-likeness (QED) is 0.668. The molecule has 0 bridgehead atoms. The van der Waals surface area contributed by atoms with E-state index in [2.05, 4.69) is 4.98 Å². The minimum absolute atomic E-state index is 0.465. The molecule has 0 fully saturated rings. The number of hydrogen-bond donors (Lipinski definition) is 1. The van der Waals surface area contributed by atoms with Crippen LogP contribution < -0.4 is 0 Å². The summed E-state index contributed by atoms with van der Waals surface area (Å²) in [7, 11) is 3.09. The first kappa shape index (κ1) is 10.2. The highest BCUT2D eigenvalue weighted by molar-refractivity contribution is 5.77. The van der Waals surface area contributed by atoms with Crippen LogP contribution in [0.5, 0.6) is 0 Å². The lowest BCUT2D eigenvalue weighted by Crippen LogP contribution is -2.31. The predicted octanol–water partition coefficient (Wildman–Crippen LogP) is -0.366. The molecule has 0 radical (unpaired) electrons. The molecule has 76 valence electrons. The second kappa shape index (κ2) is 3.91. The van der Waals surface area contributed by atoms with Crippen LogP contribution in [0.1, 0.15) is 11.7 Å². The molecular weight excluding hydrogens is 186 g/mol. The number of imidazole rings is 1. The minimum atomic E-state index is -1.08. The highest BCUT2D eigenvalue weighted by Crippen LogP contribution is 2.16. The Morgan fingerprint density at radius 3 is 2.79 bits per heavy atom. The lowest BCUT2D eigenvalue weighted by atomic mass is 10.2. The molecule has 1 N–H and O–H groups in total. The van der Waals surface area contributed by atoms with Gasteiger partial charge in [-0.05, 0) is 0 Å². The van der Waals surface area contributed by atoms with Gasteiger partial charge in [0.25, 0.3) is 0 Å². The monoisotopic (exact) mass is 197 g/mol. The molecule has 1 rings (SSSR count). The Morgan fingerprint density at radius 2 is 2.43 bits per heavy atom. The van der Waals surface area contributed by atoms with E-state index in [1.54, 1.807) is 11.6 Å². The van der Waals surface area contributed by atoms with Crippen molar-refractivity contribution >= 4 is 12.4 Å². The van der Waals surface area contributed by atoms with Crippen molar-refractivity contribution in [3.8, 4) is 0 Å². The molecule has 0 aliphatic carbocycles. The number of hydrogen-bond acceptors (Lipinski definition) is 3. The van der Waals surface area contributed by atoms with Gasteiger partial charge in [0, 0.05) is 14.1 Å². The minimum Gasteiger partial charge on any atom is -0.479 e. The Bertz CT molecular complexity index is 347. The third-order valence-corrected chi connectivity index (χ3v) is 1.94. The number of carbonyl (C=O) groups is 2. The van der Waals surface area contributed by atoms with E-state index in [0.29, 0.717) is 12.1 Å². The normalized spacial score (nSPS) is 12.1. The molecule has 0 saturated heterocycles. The zero-order valence-electron chi connectivity index (χ0n) is 7.91. The van der Waals surface area contributed by atoms with Crippen LogP contribution in [-0.4, -0.2) is 39.0 Å². The van der Waals surface area contributed by atoms with Gasteiger partial charge in [0.15, 0.2) is 6.04 Å². The summed E-state index contributed by atoms with van der Waals surface area (Å²) in [4.78, 5) is 26.3. The van der Waals surface area contributed by atoms with Crippen LogP contribution in [0.15, 0.2) is 12.5 Å². The van der Waals surface area contributed by atoms with Crippen LogP contribution in [0.25, 0.3) is 0 Å². The van der Waals surface area contributed by atoms with Crippen molar-refractivity contribution < 1.29 is 14.7 Å². The van der Waals surface area contributed by atoms with Gasteiger partial charge in [0.2, 0.25) is 6.41 Å². The fourth-order valence-electron chi connectivity index (χ4n) is 1.20. The Hall–Kier alpha value is -1.85. The van der Waals surface area contributed by atoms with Gasteiger partial charge in [-0.3, -0.25) is 4.79 Å². The molecule has 6 nitrogen and oxygen atoms in total. The molecule has 0 saturated carbocycles. The maximum Gasteiger partial charge on any atom is 0.332 e. The molecule has 6 heteroatoms. The number of aliphatic carboxylic acids is 1. The number of amides is 1. The number of carboxylic acids is 1. The Morgan fingerprint density at radius 1 is 1.79 bits per heavy atom. The Labute approximate surface area is 80.8 Å². The van der Waals surface area contributed by atoms with Gasteiger partial charge < -0.3 is 14.6 Å². The first-order valence-electron chi connectivity index (χ1n) is 3.94. The first-order valence-corrected chi connectivity index (χ1v) is 3.94. The summed E-state index contributed by atoms with van der Waals surface area (Å²) in [5.74, 6) is -1.08. The van der Waals surface area contributed by atoms with Crippen molar-refractivity contribution in [2.24, 2.45) is 7.05 Å². The van der Waals surface area contributed by atoms with E-state index in [4.69, 9.17) is 5.11 Å². The van der Waals surface area contributed by atoms with Crippen molar-refractivity contribution in [1.29, 1.82) is 0 Å². The summed E-state index contributed by atoms with van der Waals surface area (Å²) < 4.78 is 1.57. The van der Waals surface area contributed by atoms with Gasteiger partial charge in [-0.15, -0.1) is 0 Å². The van der Waals surface area contributed by atoms with Gasteiger partial charge in [0.1, 0.15) is 0 Å². The number of rotatable bonds is 4. The number of carboxylic acid groups (broad SMARTS) is 1. The molecule has 1 aromatic heterocycles. The Balaban J connectivity index is 3.06. The molecule has 1 amide bonds. The summed E-state index contributed by atoms with van der Waals surface area (Å²) in [6.45, 7) is 0. The summed E-state index contributed by atoms with van der Waals surface area (Å²) in [6.07, 6.45) is 3.40. The fraction of sp³-hybridized carbons (Fsp3) is 0.375. The van der Waals surface area contributed by atoms with E-state index in [1.165, 1.54) is 19.6 Å². The Kier molecular flexibility index (Phi) is 2.85. The van der Waals surface area contributed by atoms with Crippen molar-refractivity contribution in [2.75, 3.05) is 7.05 Å². The van der Waals surface area contributed by atoms with Gasteiger partial charge >= 0.3 is 5.97 Å². The van der Waals surface area contributed by atoms with Crippen LogP contribution in [-0.2, 0) is 16.6 Å². The number of likely N-dealkylation sites (N-methyl/N-ethyl adjacent to an activating group) is 1. The van der Waals surface area contributed by atoms with Gasteiger partial charge in [0.05, 0.1) is 18.2 Å². The molecule has 1 aromatic rings. The lowest BCUT2D eigenvalue weighted by molar-refractivity contribution is -0.146. The third-order valence-electron chi connectivity index (χ3n) is 1.94. The summed E-state index contributed by atoms with van der Waals surface area (Å²) in [6, 6.07) is -0.986. The van der Waals surface area contributed by atoms with E-state index < -0.39 is 12.0 Å². The molecular formula is C8H11N3O3. The molecule has 1 unspecified atom stereocenters. The topological polar surface area (TPSA) is 75.4 Å². The second-order valence-corrected chi connectivity index (χ2v) is 2.94. The molecule has 1 heterocycles. The van der Waals surface area contributed by atoms with E-state index >= 15 is 0 Å². The van der Waals surface area contributed by atoms with Crippen LogP contribution in [0.4, 0.5) is 0 Å². The average Bonchev–Trinajstić information content (AvgIpc) is 2.52. The molecule has 0 aromatic carbocycles. The molecule has 0 aliphatic rings. The summed E-state index contributed by atoms with van der Waals surface area (Å²) in [5, 5.41) is 8.93. The number of aromatic nitrogens is 2. The van der Waals surface area contributed by atoms with Crippen LogP contribution in [0.2, 0.25) is 0 Å². The van der Waals surface area contributed by atoms with E-state index in [1.807, 2.05) is 0 Å². The van der Waals surface area contributed by atoms with Crippen LogP contribution >= 0.6 is 0 Å². The predicted molar refractivity (Wildman–Crippen MR) is 47.4 cm³/mol. The third kappa shape index (κ3) is 1.73. The second-order valence-electron chi connectivity index (χ2n) is 2.94. The SMILES string of the molecule is CN(C=O)C(C(=O)O)c1cncn1C. The van der Waals surface area contributed by atoms with Crippen LogP contribution in [0.3, 0.4) is 0 Å². The van der Waals surface area contributed by atoms with E-state index in [-0.39, 0.29) is 0 Å². The van der Waals surface area contributed by atoms with Crippen molar-refractivity contribution in [2.45, 2.75) is 6.04 Å². The van der Waals surface area contributed by atoms with Gasteiger partial charge in [-0.1, -0.05) is 0 Å². The molecule has 0 aliphatic heterocycles. The maximum absolute atomic E-state index is 10.9. The zero-order valence-corrected chi connectivity index (χ0v) is 7.91. The van der Waals surface area contributed by atoms with Crippen molar-refractivity contribution in [3.05, 3.63) is 18.2 Å². The highest BCUT2D eigenvalue weighted by atomic mass is 16.4. The number of carbonyl (C=O) groups excluding carboxylic acids is 1. The standard InChI is InChI=1S/C8H11N3O3/c1-10-4-9-3-6(10)7(8(13)14)11(2)5-12/h3-5,7H,1-2H3,(H,13,14). The summed E-state index contributed by atoms with van der Waals surface area (Å²) >= 11 is 0. The first-order chi connectivity index (χ1) is 6.57. The lowest BCUT2D eigenvalue weighted by Gasteiger charge is -2.20.